The standard InChI is InChI=1S/C25H31N3O4/c1-27-23(29)25(26-24(27)30,16-19-5-4-6-22(15-19)32-3)20-11-13-28(14-12-20)17-18-7-9-21(31-2)10-8-18/h4-10,15,20H,11-14,16-17H2,1-3H3,(H,26,30)/t25-/m1/s1. The number of methoxy groups -OCH3 is 2. The highest BCUT2D eigenvalue weighted by molar-refractivity contribution is 6.07. The molecule has 0 radical (unpaired) electrons. The molecule has 2 aromatic carbocycles. The first-order valence-electron chi connectivity index (χ1n) is 11.0. The zero-order valence-corrected chi connectivity index (χ0v) is 19.0. The molecule has 0 aliphatic carbocycles. The van der Waals surface area contributed by atoms with Crippen LogP contribution < -0.4 is 14.8 Å². The monoisotopic (exact) mass is 437 g/mol. The fourth-order valence-electron chi connectivity index (χ4n) is 4.94. The van der Waals surface area contributed by atoms with Crippen molar-refractivity contribution < 1.29 is 19.1 Å². The van der Waals surface area contributed by atoms with Gasteiger partial charge in [-0.25, -0.2) is 4.79 Å². The van der Waals surface area contributed by atoms with Gasteiger partial charge in [0.25, 0.3) is 5.91 Å². The van der Waals surface area contributed by atoms with Gasteiger partial charge in [-0.2, -0.15) is 0 Å². The Kier molecular flexibility index (Phi) is 6.37. The van der Waals surface area contributed by atoms with Crippen LogP contribution in [0.2, 0.25) is 0 Å². The topological polar surface area (TPSA) is 71.1 Å². The lowest BCUT2D eigenvalue weighted by Crippen LogP contribution is -2.57. The number of ether oxygens (including phenoxy) is 2. The zero-order valence-electron chi connectivity index (χ0n) is 19.0. The van der Waals surface area contributed by atoms with Crippen LogP contribution in [0.3, 0.4) is 0 Å². The molecule has 1 N–H and O–H groups in total. The summed E-state index contributed by atoms with van der Waals surface area (Å²) < 4.78 is 10.6. The van der Waals surface area contributed by atoms with Gasteiger partial charge >= 0.3 is 6.03 Å². The summed E-state index contributed by atoms with van der Waals surface area (Å²) in [4.78, 5) is 29.4. The van der Waals surface area contributed by atoms with Gasteiger partial charge in [0.1, 0.15) is 17.0 Å². The number of imide groups is 1. The van der Waals surface area contributed by atoms with Crippen molar-refractivity contribution in [3.63, 3.8) is 0 Å². The summed E-state index contributed by atoms with van der Waals surface area (Å²) in [6.45, 7) is 2.62. The summed E-state index contributed by atoms with van der Waals surface area (Å²) in [5.41, 5.74) is 1.30. The first kappa shape index (κ1) is 22.1. The van der Waals surface area contributed by atoms with Crippen LogP contribution in [0.25, 0.3) is 0 Å². The number of nitrogens with zero attached hydrogens (tertiary/aromatic N) is 2. The van der Waals surface area contributed by atoms with Gasteiger partial charge in [-0.15, -0.1) is 0 Å². The Hall–Kier alpha value is -3.06. The van der Waals surface area contributed by atoms with Crippen LogP contribution in [0.4, 0.5) is 4.79 Å². The van der Waals surface area contributed by atoms with Crippen LogP contribution in [-0.2, 0) is 17.8 Å². The predicted octanol–water partition coefficient (Wildman–Crippen LogP) is 3.08. The minimum atomic E-state index is -0.912. The van der Waals surface area contributed by atoms with Crippen LogP contribution in [0, 0.1) is 5.92 Å². The van der Waals surface area contributed by atoms with Gasteiger partial charge in [0, 0.05) is 20.0 Å². The third-order valence-electron chi connectivity index (χ3n) is 6.79. The summed E-state index contributed by atoms with van der Waals surface area (Å²) in [5.74, 6) is 1.53. The number of benzene rings is 2. The molecule has 2 heterocycles. The predicted molar refractivity (Wildman–Crippen MR) is 122 cm³/mol. The van der Waals surface area contributed by atoms with E-state index >= 15 is 0 Å². The molecule has 0 saturated carbocycles. The van der Waals surface area contributed by atoms with Gasteiger partial charge in [0.15, 0.2) is 0 Å². The van der Waals surface area contributed by atoms with Gasteiger partial charge in [0.05, 0.1) is 14.2 Å². The Balaban J connectivity index is 1.49. The largest absolute Gasteiger partial charge is 0.497 e. The molecular formula is C25H31N3O4. The first-order chi connectivity index (χ1) is 15.4. The molecule has 3 amide bonds. The van der Waals surface area contributed by atoms with Crippen LogP contribution in [0.1, 0.15) is 24.0 Å². The number of urea groups is 1. The van der Waals surface area contributed by atoms with Gasteiger partial charge in [0.2, 0.25) is 0 Å². The quantitative estimate of drug-likeness (QED) is 0.674. The number of rotatable bonds is 7. The normalized spacial score (nSPS) is 22.2. The molecule has 2 aliphatic heterocycles. The van der Waals surface area contributed by atoms with Crippen molar-refractivity contribution in [1.82, 2.24) is 15.1 Å². The lowest BCUT2D eigenvalue weighted by Gasteiger charge is -2.41. The first-order valence-corrected chi connectivity index (χ1v) is 11.0. The molecule has 1 atom stereocenters. The van der Waals surface area contributed by atoms with E-state index in [9.17, 15) is 9.59 Å². The van der Waals surface area contributed by atoms with Crippen molar-refractivity contribution in [3.05, 3.63) is 59.7 Å². The van der Waals surface area contributed by atoms with Crippen molar-refractivity contribution in [2.45, 2.75) is 31.3 Å². The van der Waals surface area contributed by atoms with E-state index < -0.39 is 5.54 Å². The molecule has 0 spiro atoms. The van der Waals surface area contributed by atoms with Gasteiger partial charge in [-0.3, -0.25) is 14.6 Å². The molecule has 170 valence electrons. The average Bonchev–Trinajstić information content (AvgIpc) is 3.04. The van der Waals surface area contributed by atoms with E-state index in [1.54, 1.807) is 21.3 Å². The molecule has 2 aromatic rings. The molecular weight excluding hydrogens is 406 g/mol. The minimum absolute atomic E-state index is 0.0715. The van der Waals surface area contributed by atoms with E-state index in [0.29, 0.717) is 6.42 Å². The SMILES string of the molecule is COc1ccc(CN2CCC([C@@]3(Cc4cccc(OC)c4)NC(=O)N(C)C3=O)CC2)cc1. The van der Waals surface area contributed by atoms with Crippen molar-refractivity contribution in [2.75, 3.05) is 34.4 Å². The van der Waals surface area contributed by atoms with Crippen LogP contribution in [0.15, 0.2) is 48.5 Å². The number of hydrogen-bond donors (Lipinski definition) is 1. The van der Waals surface area contributed by atoms with Gasteiger partial charge < -0.3 is 14.8 Å². The highest BCUT2D eigenvalue weighted by Crippen LogP contribution is 2.37. The second-order valence-electron chi connectivity index (χ2n) is 8.69. The Bertz CT molecular complexity index is 969. The maximum Gasteiger partial charge on any atom is 0.324 e. The minimum Gasteiger partial charge on any atom is -0.497 e. The summed E-state index contributed by atoms with van der Waals surface area (Å²) in [5, 5.41) is 3.06. The van der Waals surface area contributed by atoms with Crippen molar-refractivity contribution in [3.8, 4) is 11.5 Å². The van der Waals surface area contributed by atoms with Crippen molar-refractivity contribution >= 4 is 11.9 Å². The number of carbonyl (C=O) groups excluding carboxylic acids is 2. The Morgan fingerprint density at radius 2 is 1.66 bits per heavy atom. The van der Waals surface area contributed by atoms with Crippen LogP contribution in [0.5, 0.6) is 11.5 Å². The van der Waals surface area contributed by atoms with E-state index in [0.717, 1.165) is 49.5 Å². The Morgan fingerprint density at radius 3 is 2.25 bits per heavy atom. The highest BCUT2D eigenvalue weighted by atomic mass is 16.5. The van der Waals surface area contributed by atoms with E-state index in [1.807, 2.05) is 36.4 Å². The number of carbonyl (C=O) groups is 2. The number of amides is 3. The van der Waals surface area contributed by atoms with Gasteiger partial charge in [-0.1, -0.05) is 24.3 Å². The summed E-state index contributed by atoms with van der Waals surface area (Å²) in [6, 6.07) is 15.6. The third-order valence-corrected chi connectivity index (χ3v) is 6.79. The molecule has 4 rings (SSSR count). The molecule has 7 heteroatoms. The number of likely N-dealkylation sites (N-methyl/N-ethyl adjacent to an activating group) is 1. The van der Waals surface area contributed by atoms with E-state index in [2.05, 4.69) is 22.3 Å². The lowest BCUT2D eigenvalue weighted by molar-refractivity contribution is -0.133. The summed E-state index contributed by atoms with van der Waals surface area (Å²) in [6.07, 6.45) is 2.15. The van der Waals surface area contributed by atoms with Gasteiger partial charge in [-0.05, 0) is 67.2 Å². The zero-order chi connectivity index (χ0) is 22.7. The molecule has 2 aliphatic rings. The molecule has 2 saturated heterocycles. The average molecular weight is 438 g/mol. The van der Waals surface area contributed by atoms with E-state index in [1.165, 1.54) is 10.5 Å². The molecule has 32 heavy (non-hydrogen) atoms. The van der Waals surface area contributed by atoms with E-state index in [4.69, 9.17) is 9.47 Å². The molecule has 0 bridgehead atoms. The molecule has 7 nitrogen and oxygen atoms in total. The third kappa shape index (κ3) is 4.30. The number of hydrogen-bond acceptors (Lipinski definition) is 5. The van der Waals surface area contributed by atoms with Crippen LogP contribution in [-0.4, -0.2) is 61.6 Å². The number of likely N-dealkylation sites (tertiary alicyclic amines) is 1. The Labute approximate surface area is 189 Å². The van der Waals surface area contributed by atoms with Crippen molar-refractivity contribution in [2.24, 2.45) is 5.92 Å². The van der Waals surface area contributed by atoms with Crippen LogP contribution >= 0.6 is 0 Å². The fourth-order valence-corrected chi connectivity index (χ4v) is 4.94. The fraction of sp³-hybridized carbons (Fsp3) is 0.440. The summed E-state index contributed by atoms with van der Waals surface area (Å²) >= 11 is 0. The smallest absolute Gasteiger partial charge is 0.324 e. The van der Waals surface area contributed by atoms with Crippen molar-refractivity contribution in [1.29, 1.82) is 0 Å². The molecule has 0 unspecified atom stereocenters. The molecule has 2 fully saturated rings. The van der Waals surface area contributed by atoms with E-state index in [-0.39, 0.29) is 17.9 Å². The number of piperidine rings is 1. The highest BCUT2D eigenvalue weighted by Gasteiger charge is 2.54. The lowest BCUT2D eigenvalue weighted by atomic mass is 9.74. The maximum atomic E-state index is 13.3. The molecule has 0 aromatic heterocycles. The second kappa shape index (κ2) is 9.20. The second-order valence-corrected chi connectivity index (χ2v) is 8.69. The Morgan fingerprint density at radius 1 is 0.969 bits per heavy atom. The maximum absolute atomic E-state index is 13.3. The summed E-state index contributed by atoms with van der Waals surface area (Å²) in [7, 11) is 4.86. The number of nitrogens with one attached hydrogen (secondary N) is 1.